The average Bonchev–Trinajstić information content (AvgIpc) is 2.97. The van der Waals surface area contributed by atoms with Gasteiger partial charge in [0.1, 0.15) is 11.6 Å². The lowest BCUT2D eigenvalue weighted by Gasteiger charge is -2.12. The van der Waals surface area contributed by atoms with E-state index in [2.05, 4.69) is 25.9 Å². The zero-order chi connectivity index (χ0) is 16.1. The van der Waals surface area contributed by atoms with Crippen molar-refractivity contribution in [2.45, 2.75) is 20.0 Å². The number of rotatable bonds is 5. The van der Waals surface area contributed by atoms with E-state index < -0.39 is 17.4 Å². The number of hydrogen-bond donors (Lipinski definition) is 2. The third kappa shape index (κ3) is 3.54. The summed E-state index contributed by atoms with van der Waals surface area (Å²) in [6.07, 6.45) is 0.869. The summed E-state index contributed by atoms with van der Waals surface area (Å²) < 4.78 is 32.7. The lowest BCUT2D eigenvalue weighted by molar-refractivity contribution is 0.219. The largest absolute Gasteiger partial charge is 0.485 e. The van der Waals surface area contributed by atoms with Gasteiger partial charge in [0.15, 0.2) is 17.4 Å². The van der Waals surface area contributed by atoms with Crippen LogP contribution >= 0.6 is 0 Å². The molecule has 2 N–H and O–H groups in total. The van der Waals surface area contributed by atoms with E-state index in [9.17, 15) is 8.78 Å². The van der Waals surface area contributed by atoms with Crippen LogP contribution in [0.2, 0.25) is 0 Å². The van der Waals surface area contributed by atoms with Crippen LogP contribution in [0.1, 0.15) is 19.7 Å². The summed E-state index contributed by atoms with van der Waals surface area (Å²) in [4.78, 5) is 0. The first-order valence-corrected chi connectivity index (χ1v) is 6.27. The van der Waals surface area contributed by atoms with Crippen molar-refractivity contribution in [1.82, 2.24) is 20.6 Å². The number of ether oxygens (including phenoxy) is 1. The second-order valence-electron chi connectivity index (χ2n) is 4.49. The van der Waals surface area contributed by atoms with Crippen LogP contribution in [0.15, 0.2) is 18.3 Å². The molecule has 0 aliphatic rings. The Balaban J connectivity index is 2.22. The van der Waals surface area contributed by atoms with Crippen LogP contribution in [-0.2, 0) is 0 Å². The molecule has 0 radical (unpaired) electrons. The predicted octanol–water partition coefficient (Wildman–Crippen LogP) is 2.24. The van der Waals surface area contributed by atoms with Gasteiger partial charge in [0.2, 0.25) is 5.82 Å². The summed E-state index contributed by atoms with van der Waals surface area (Å²) in [6, 6.07) is 3.96. The molecule has 0 aliphatic carbocycles. The minimum atomic E-state index is -0.845. The molecule has 0 saturated heterocycles. The van der Waals surface area contributed by atoms with E-state index in [0.717, 1.165) is 12.1 Å². The number of allylic oxidation sites excluding steroid dienone is 1. The van der Waals surface area contributed by atoms with Gasteiger partial charge in [0.25, 0.3) is 0 Å². The molecule has 2 aromatic rings. The number of aromatic nitrogens is 4. The van der Waals surface area contributed by atoms with Crippen LogP contribution in [0, 0.1) is 23.0 Å². The van der Waals surface area contributed by atoms with Crippen molar-refractivity contribution in [3.8, 4) is 11.8 Å². The quantitative estimate of drug-likeness (QED) is 0.822. The molecule has 7 nitrogen and oxygen atoms in total. The fourth-order valence-corrected chi connectivity index (χ4v) is 1.57. The first-order valence-electron chi connectivity index (χ1n) is 6.27. The standard InChI is InChI=1S/C13H12F2N6O/c1-7(2)22-12-10(14)3-9(4-11(12)15)17-6-8(5-16)13-18-20-21-19-13/h3-4,6-7,17H,1-2H3,(H,18,19,20,21). The Bertz CT molecular complexity index is 698. The van der Waals surface area contributed by atoms with Crippen LogP contribution in [-0.4, -0.2) is 26.7 Å². The normalized spacial score (nSPS) is 11.4. The van der Waals surface area contributed by atoms with Crippen molar-refractivity contribution in [3.05, 3.63) is 35.8 Å². The Morgan fingerprint density at radius 1 is 1.41 bits per heavy atom. The van der Waals surface area contributed by atoms with Crippen molar-refractivity contribution in [2.75, 3.05) is 5.32 Å². The number of aromatic amines is 1. The molecule has 1 aromatic heterocycles. The number of H-pyrrole nitrogens is 1. The summed E-state index contributed by atoms with van der Waals surface area (Å²) in [6.45, 7) is 3.33. The molecule has 1 aromatic carbocycles. The number of tetrazole rings is 1. The summed E-state index contributed by atoms with van der Waals surface area (Å²) in [7, 11) is 0. The smallest absolute Gasteiger partial charge is 0.216 e. The molecule has 9 heteroatoms. The molecular weight excluding hydrogens is 294 g/mol. The van der Waals surface area contributed by atoms with Gasteiger partial charge in [0, 0.05) is 24.0 Å². The maximum atomic E-state index is 13.8. The molecule has 114 valence electrons. The fourth-order valence-electron chi connectivity index (χ4n) is 1.57. The Hall–Kier alpha value is -3.02. The summed E-state index contributed by atoms with van der Waals surface area (Å²) in [5, 5.41) is 24.4. The lowest BCUT2D eigenvalue weighted by Crippen LogP contribution is -2.09. The van der Waals surface area contributed by atoms with Crippen molar-refractivity contribution >= 4 is 11.3 Å². The molecule has 22 heavy (non-hydrogen) atoms. The molecular formula is C13H12F2N6O. The highest BCUT2D eigenvalue weighted by Gasteiger charge is 2.14. The van der Waals surface area contributed by atoms with Gasteiger partial charge in [-0.15, -0.1) is 10.2 Å². The Morgan fingerprint density at radius 2 is 2.09 bits per heavy atom. The summed E-state index contributed by atoms with van der Waals surface area (Å²) >= 11 is 0. The van der Waals surface area contributed by atoms with Gasteiger partial charge in [-0.2, -0.15) is 10.5 Å². The average molecular weight is 306 g/mol. The minimum absolute atomic E-state index is 0.0528. The highest BCUT2D eigenvalue weighted by molar-refractivity contribution is 5.74. The molecule has 0 amide bonds. The van der Waals surface area contributed by atoms with Crippen LogP contribution in [0.3, 0.4) is 0 Å². The Kier molecular flexibility index (Phi) is 4.63. The van der Waals surface area contributed by atoms with Crippen molar-refractivity contribution < 1.29 is 13.5 Å². The van der Waals surface area contributed by atoms with Crippen LogP contribution in [0.4, 0.5) is 14.5 Å². The molecule has 0 unspecified atom stereocenters. The van der Waals surface area contributed by atoms with E-state index in [1.165, 1.54) is 6.20 Å². The summed E-state index contributed by atoms with van der Waals surface area (Å²) in [5.41, 5.74) is 0.166. The topological polar surface area (TPSA) is 99.5 Å². The van der Waals surface area contributed by atoms with E-state index >= 15 is 0 Å². The number of nitriles is 1. The first-order chi connectivity index (χ1) is 10.5. The van der Waals surface area contributed by atoms with Gasteiger partial charge in [-0.3, -0.25) is 0 Å². The monoisotopic (exact) mass is 306 g/mol. The Morgan fingerprint density at radius 3 is 2.59 bits per heavy atom. The predicted molar refractivity (Wildman–Crippen MR) is 73.5 cm³/mol. The Labute approximate surface area is 124 Å². The lowest BCUT2D eigenvalue weighted by atomic mass is 10.2. The van der Waals surface area contributed by atoms with Crippen molar-refractivity contribution in [2.24, 2.45) is 0 Å². The molecule has 0 aliphatic heterocycles. The van der Waals surface area contributed by atoms with Crippen molar-refractivity contribution in [1.29, 1.82) is 5.26 Å². The highest BCUT2D eigenvalue weighted by atomic mass is 19.1. The second kappa shape index (κ2) is 6.62. The van der Waals surface area contributed by atoms with Gasteiger partial charge in [-0.25, -0.2) is 8.78 Å². The molecule has 0 spiro atoms. The van der Waals surface area contributed by atoms with Crippen LogP contribution in [0.25, 0.3) is 5.57 Å². The second-order valence-corrected chi connectivity index (χ2v) is 4.49. The first kappa shape index (κ1) is 15.4. The maximum absolute atomic E-state index is 13.8. The van der Waals surface area contributed by atoms with E-state index in [0.29, 0.717) is 0 Å². The van der Waals surface area contributed by atoms with Gasteiger partial charge < -0.3 is 10.1 Å². The van der Waals surface area contributed by atoms with E-state index in [1.807, 2.05) is 6.07 Å². The number of halogens is 2. The molecule has 0 saturated carbocycles. The van der Waals surface area contributed by atoms with Gasteiger partial charge in [-0.1, -0.05) is 0 Å². The number of nitrogens with one attached hydrogen (secondary N) is 2. The van der Waals surface area contributed by atoms with E-state index in [4.69, 9.17) is 10.00 Å². The van der Waals surface area contributed by atoms with Gasteiger partial charge in [-0.05, 0) is 19.1 Å². The van der Waals surface area contributed by atoms with E-state index in [-0.39, 0.29) is 23.2 Å². The SMILES string of the molecule is CC(C)Oc1c(F)cc(NC=C(C#N)c2nn[nH]n2)cc1F. The zero-order valence-corrected chi connectivity index (χ0v) is 11.8. The highest BCUT2D eigenvalue weighted by Crippen LogP contribution is 2.27. The number of nitrogens with zero attached hydrogens (tertiary/aromatic N) is 4. The number of benzene rings is 1. The molecule has 1 heterocycles. The van der Waals surface area contributed by atoms with Crippen LogP contribution in [0.5, 0.6) is 5.75 Å². The maximum Gasteiger partial charge on any atom is 0.216 e. The third-order valence-corrected chi connectivity index (χ3v) is 2.44. The molecule has 0 fully saturated rings. The van der Waals surface area contributed by atoms with Gasteiger partial charge >= 0.3 is 0 Å². The summed E-state index contributed by atoms with van der Waals surface area (Å²) in [5.74, 6) is -2.07. The molecule has 2 rings (SSSR count). The number of hydrogen-bond acceptors (Lipinski definition) is 6. The molecule has 0 bridgehead atoms. The van der Waals surface area contributed by atoms with E-state index in [1.54, 1.807) is 13.8 Å². The van der Waals surface area contributed by atoms with Crippen LogP contribution < -0.4 is 10.1 Å². The van der Waals surface area contributed by atoms with Gasteiger partial charge in [0.05, 0.1) is 6.10 Å². The molecule has 0 atom stereocenters. The third-order valence-electron chi connectivity index (χ3n) is 2.44. The fraction of sp³-hybridized carbons (Fsp3) is 0.231. The van der Waals surface area contributed by atoms with Crippen molar-refractivity contribution in [3.63, 3.8) is 0 Å². The number of anilines is 1. The zero-order valence-electron chi connectivity index (χ0n) is 11.8. The minimum Gasteiger partial charge on any atom is -0.485 e.